The van der Waals surface area contributed by atoms with E-state index in [9.17, 15) is 8.42 Å². The average molecular weight is 239 g/mol. The number of para-hydroxylation sites is 1. The second-order valence-electron chi connectivity index (χ2n) is 4.58. The van der Waals surface area contributed by atoms with Gasteiger partial charge in [-0.25, -0.2) is 8.42 Å². The van der Waals surface area contributed by atoms with E-state index in [1.807, 2.05) is 24.3 Å². The number of sulfone groups is 1. The Bertz CT molecular complexity index is 482. The molecule has 0 saturated carbocycles. The van der Waals surface area contributed by atoms with E-state index in [-0.39, 0.29) is 11.8 Å². The number of rotatable bonds is 2. The molecule has 0 bridgehead atoms. The minimum atomic E-state index is -2.80. The molecule has 0 aromatic heterocycles. The maximum atomic E-state index is 11.4. The summed E-state index contributed by atoms with van der Waals surface area (Å²) in [6.07, 6.45) is 0.762. The van der Waals surface area contributed by atoms with Crippen LogP contribution in [0.15, 0.2) is 24.3 Å². The van der Waals surface area contributed by atoms with Crippen LogP contribution in [0.25, 0.3) is 0 Å². The van der Waals surface area contributed by atoms with Gasteiger partial charge in [0.05, 0.1) is 11.5 Å². The summed E-state index contributed by atoms with van der Waals surface area (Å²) in [6, 6.07) is 7.71. The van der Waals surface area contributed by atoms with Crippen molar-refractivity contribution >= 4 is 15.5 Å². The lowest BCUT2D eigenvalue weighted by atomic mass is 9.86. The Labute approximate surface area is 96.6 Å². The molecule has 4 heteroatoms. The standard InChI is InChI=1S/C12H17NO2S/c1-9(10-6-7-16(14,15)8-10)11-4-2-3-5-12(11)13/h2-5,9-10H,6-8,13H2,1H3. The first kappa shape index (κ1) is 11.5. The molecule has 3 nitrogen and oxygen atoms in total. The van der Waals surface area contributed by atoms with E-state index in [0.717, 1.165) is 17.7 Å². The second-order valence-corrected chi connectivity index (χ2v) is 6.81. The van der Waals surface area contributed by atoms with E-state index >= 15 is 0 Å². The second kappa shape index (κ2) is 4.09. The molecule has 16 heavy (non-hydrogen) atoms. The molecule has 1 fully saturated rings. The predicted molar refractivity (Wildman–Crippen MR) is 66.0 cm³/mol. The summed E-state index contributed by atoms with van der Waals surface area (Å²) in [6.45, 7) is 2.07. The fourth-order valence-corrected chi connectivity index (χ4v) is 4.33. The Balaban J connectivity index is 2.21. The summed E-state index contributed by atoms with van der Waals surface area (Å²) >= 11 is 0. The highest BCUT2D eigenvalue weighted by atomic mass is 32.2. The van der Waals surface area contributed by atoms with Gasteiger partial charge in [0.15, 0.2) is 9.84 Å². The SMILES string of the molecule is CC(c1ccccc1N)C1CCS(=O)(=O)C1. The summed E-state index contributed by atoms with van der Waals surface area (Å²) in [5, 5.41) is 0. The molecule has 88 valence electrons. The number of hydrogen-bond acceptors (Lipinski definition) is 3. The van der Waals surface area contributed by atoms with Gasteiger partial charge in [0.25, 0.3) is 0 Å². The summed E-state index contributed by atoms with van der Waals surface area (Å²) in [4.78, 5) is 0. The van der Waals surface area contributed by atoms with Crippen molar-refractivity contribution in [1.29, 1.82) is 0 Å². The first-order chi connectivity index (χ1) is 7.49. The van der Waals surface area contributed by atoms with Crippen LogP contribution in [0, 0.1) is 5.92 Å². The van der Waals surface area contributed by atoms with Crippen molar-refractivity contribution in [1.82, 2.24) is 0 Å². The molecule has 0 radical (unpaired) electrons. The molecule has 2 atom stereocenters. The van der Waals surface area contributed by atoms with Gasteiger partial charge in [0.1, 0.15) is 0 Å². The molecule has 0 amide bonds. The Morgan fingerprint density at radius 2 is 2.06 bits per heavy atom. The molecule has 2 unspecified atom stereocenters. The molecule has 1 aromatic rings. The highest BCUT2D eigenvalue weighted by Gasteiger charge is 2.32. The van der Waals surface area contributed by atoms with Crippen molar-refractivity contribution < 1.29 is 8.42 Å². The van der Waals surface area contributed by atoms with Gasteiger partial charge in [-0.2, -0.15) is 0 Å². The number of anilines is 1. The highest BCUT2D eigenvalue weighted by molar-refractivity contribution is 7.91. The number of benzene rings is 1. The van der Waals surface area contributed by atoms with E-state index in [1.54, 1.807) is 0 Å². The van der Waals surface area contributed by atoms with Crippen LogP contribution < -0.4 is 5.73 Å². The van der Waals surface area contributed by atoms with Gasteiger partial charge in [-0.05, 0) is 29.9 Å². The van der Waals surface area contributed by atoms with Crippen molar-refractivity contribution in [3.05, 3.63) is 29.8 Å². The molecule has 0 aliphatic carbocycles. The van der Waals surface area contributed by atoms with Gasteiger partial charge >= 0.3 is 0 Å². The number of hydrogen-bond donors (Lipinski definition) is 1. The van der Waals surface area contributed by atoms with Crippen LogP contribution in [-0.2, 0) is 9.84 Å². The quantitative estimate of drug-likeness (QED) is 0.801. The lowest BCUT2D eigenvalue weighted by Gasteiger charge is -2.19. The largest absolute Gasteiger partial charge is 0.398 e. The predicted octanol–water partition coefficient (Wildman–Crippen LogP) is 1.81. The highest BCUT2D eigenvalue weighted by Crippen LogP contribution is 2.35. The Morgan fingerprint density at radius 1 is 1.38 bits per heavy atom. The monoisotopic (exact) mass is 239 g/mol. The van der Waals surface area contributed by atoms with Crippen LogP contribution in [0.4, 0.5) is 5.69 Å². The molecule has 1 heterocycles. The van der Waals surface area contributed by atoms with Crippen molar-refractivity contribution in [2.24, 2.45) is 5.92 Å². The van der Waals surface area contributed by atoms with Crippen LogP contribution >= 0.6 is 0 Å². The van der Waals surface area contributed by atoms with Crippen LogP contribution in [0.2, 0.25) is 0 Å². The van der Waals surface area contributed by atoms with Crippen LogP contribution in [0.3, 0.4) is 0 Å². The third-order valence-electron chi connectivity index (χ3n) is 3.46. The molecule has 2 rings (SSSR count). The molecule has 1 saturated heterocycles. The topological polar surface area (TPSA) is 60.2 Å². The lowest BCUT2D eigenvalue weighted by Crippen LogP contribution is -2.13. The van der Waals surface area contributed by atoms with E-state index in [4.69, 9.17) is 5.73 Å². The molecule has 0 spiro atoms. The minimum Gasteiger partial charge on any atom is -0.398 e. The zero-order valence-electron chi connectivity index (χ0n) is 9.39. The first-order valence-electron chi connectivity index (χ1n) is 5.54. The Hall–Kier alpha value is -1.03. The van der Waals surface area contributed by atoms with Crippen molar-refractivity contribution in [2.75, 3.05) is 17.2 Å². The molecule has 1 aliphatic heterocycles. The normalized spacial score (nSPS) is 25.4. The molecular formula is C12H17NO2S. The molecule has 2 N–H and O–H groups in total. The molecule has 1 aliphatic rings. The van der Waals surface area contributed by atoms with Crippen molar-refractivity contribution in [2.45, 2.75) is 19.3 Å². The number of nitrogens with two attached hydrogens (primary N) is 1. The first-order valence-corrected chi connectivity index (χ1v) is 7.36. The smallest absolute Gasteiger partial charge is 0.150 e. The lowest BCUT2D eigenvalue weighted by molar-refractivity contribution is 0.499. The van der Waals surface area contributed by atoms with Gasteiger partial charge in [-0.3, -0.25) is 0 Å². The maximum absolute atomic E-state index is 11.4. The van der Waals surface area contributed by atoms with Crippen molar-refractivity contribution in [3.8, 4) is 0 Å². The van der Waals surface area contributed by atoms with Gasteiger partial charge in [0.2, 0.25) is 0 Å². The van der Waals surface area contributed by atoms with Crippen LogP contribution in [0.5, 0.6) is 0 Å². The Morgan fingerprint density at radius 3 is 2.62 bits per heavy atom. The van der Waals surface area contributed by atoms with Crippen molar-refractivity contribution in [3.63, 3.8) is 0 Å². The summed E-state index contributed by atoms with van der Waals surface area (Å²) in [5.41, 5.74) is 7.74. The fraction of sp³-hybridized carbons (Fsp3) is 0.500. The van der Waals surface area contributed by atoms with E-state index in [0.29, 0.717) is 11.5 Å². The van der Waals surface area contributed by atoms with E-state index in [1.165, 1.54) is 0 Å². The molecule has 1 aromatic carbocycles. The van der Waals surface area contributed by atoms with Gasteiger partial charge in [0, 0.05) is 5.69 Å². The summed E-state index contributed by atoms with van der Waals surface area (Å²) in [7, 11) is -2.80. The van der Waals surface area contributed by atoms with Gasteiger partial charge in [-0.1, -0.05) is 25.1 Å². The zero-order valence-corrected chi connectivity index (χ0v) is 10.2. The van der Waals surface area contributed by atoms with E-state index < -0.39 is 9.84 Å². The number of nitrogen functional groups attached to an aromatic ring is 1. The minimum absolute atomic E-state index is 0.217. The van der Waals surface area contributed by atoms with E-state index in [2.05, 4.69) is 6.92 Å². The van der Waals surface area contributed by atoms with Gasteiger partial charge < -0.3 is 5.73 Å². The fourth-order valence-electron chi connectivity index (χ4n) is 2.40. The Kier molecular flexibility index (Phi) is 2.93. The summed E-state index contributed by atoms with van der Waals surface area (Å²) < 4.78 is 22.9. The zero-order chi connectivity index (χ0) is 11.8. The average Bonchev–Trinajstić information content (AvgIpc) is 2.59. The van der Waals surface area contributed by atoms with Crippen LogP contribution in [-0.4, -0.2) is 19.9 Å². The third-order valence-corrected chi connectivity index (χ3v) is 5.26. The van der Waals surface area contributed by atoms with Crippen LogP contribution in [0.1, 0.15) is 24.8 Å². The maximum Gasteiger partial charge on any atom is 0.150 e. The summed E-state index contributed by atoms with van der Waals surface area (Å²) in [5.74, 6) is 1.07. The molecular weight excluding hydrogens is 222 g/mol. The van der Waals surface area contributed by atoms with Gasteiger partial charge in [-0.15, -0.1) is 0 Å². The third kappa shape index (κ3) is 2.21.